The first-order valence-corrected chi connectivity index (χ1v) is 9.30. The second-order valence-corrected chi connectivity index (χ2v) is 6.90. The summed E-state index contributed by atoms with van der Waals surface area (Å²) in [5.41, 5.74) is 4.44. The molecule has 0 saturated heterocycles. The predicted octanol–water partition coefficient (Wildman–Crippen LogP) is 3.69. The molecule has 1 aliphatic rings. The molecule has 1 aliphatic heterocycles. The number of ether oxygens (including phenoxy) is 2. The lowest BCUT2D eigenvalue weighted by Gasteiger charge is -2.07. The van der Waals surface area contributed by atoms with Gasteiger partial charge in [0, 0.05) is 51.7 Å². The Balaban J connectivity index is 1.81. The summed E-state index contributed by atoms with van der Waals surface area (Å²) in [5.74, 6) is 1.56. The van der Waals surface area contributed by atoms with Gasteiger partial charge in [-0.1, -0.05) is 12.7 Å². The van der Waals surface area contributed by atoms with E-state index < -0.39 is 0 Å². The lowest BCUT2D eigenvalue weighted by molar-refractivity contribution is 0.174. The number of fused-ring (bicyclic) bond motifs is 1. The van der Waals surface area contributed by atoms with Crippen LogP contribution in [0.3, 0.4) is 0 Å². The first kappa shape index (κ1) is 16.5. The zero-order valence-corrected chi connectivity index (χ0v) is 15.6. The molecule has 4 nitrogen and oxygen atoms in total. The third-order valence-corrected chi connectivity index (χ3v) is 5.16. The zero-order valence-electron chi connectivity index (χ0n) is 14.8. The van der Waals surface area contributed by atoms with E-state index >= 15 is 0 Å². The summed E-state index contributed by atoms with van der Waals surface area (Å²) >= 11 is 1.70. The van der Waals surface area contributed by atoms with Crippen LogP contribution >= 0.6 is 11.3 Å². The van der Waals surface area contributed by atoms with Crippen LogP contribution in [0.25, 0.3) is 23.0 Å². The highest BCUT2D eigenvalue weighted by molar-refractivity contribution is 7.08. The van der Waals surface area contributed by atoms with Gasteiger partial charge >= 0.3 is 0 Å². The third-order valence-electron chi connectivity index (χ3n) is 4.48. The normalized spacial score (nSPS) is 14.5. The molecule has 0 unspecified atom stereocenters. The summed E-state index contributed by atoms with van der Waals surface area (Å²) in [5, 5.41) is 10.0. The van der Waals surface area contributed by atoms with Crippen molar-refractivity contribution in [3.63, 3.8) is 0 Å². The number of aromatic nitrogens is 1. The highest BCUT2D eigenvalue weighted by Gasteiger charge is 2.13. The zero-order chi connectivity index (χ0) is 18.1. The number of nitrogens with one attached hydrogen (secondary N) is 1. The first-order valence-electron chi connectivity index (χ1n) is 8.36. The lowest BCUT2D eigenvalue weighted by atomic mass is 10.2. The minimum atomic E-state index is 0.280. The van der Waals surface area contributed by atoms with Crippen LogP contribution in [-0.2, 0) is 7.05 Å². The Labute approximate surface area is 156 Å². The van der Waals surface area contributed by atoms with E-state index in [4.69, 9.17) is 9.47 Å². The summed E-state index contributed by atoms with van der Waals surface area (Å²) in [7, 11) is 2.08. The van der Waals surface area contributed by atoms with Gasteiger partial charge in [0.15, 0.2) is 11.5 Å². The van der Waals surface area contributed by atoms with E-state index in [9.17, 15) is 0 Å². The van der Waals surface area contributed by atoms with Crippen molar-refractivity contribution in [3.05, 3.63) is 64.3 Å². The molecule has 0 spiro atoms. The number of anilines is 1. The van der Waals surface area contributed by atoms with Crippen molar-refractivity contribution in [1.82, 2.24) is 4.57 Å². The van der Waals surface area contributed by atoms with Crippen molar-refractivity contribution in [2.75, 3.05) is 12.1 Å². The van der Waals surface area contributed by atoms with Crippen molar-refractivity contribution in [2.45, 2.75) is 6.92 Å². The third kappa shape index (κ3) is 2.91. The Morgan fingerprint density at radius 1 is 1.23 bits per heavy atom. The maximum atomic E-state index is 5.47. The van der Waals surface area contributed by atoms with Crippen LogP contribution in [-0.4, -0.2) is 11.4 Å². The molecule has 4 rings (SSSR count). The van der Waals surface area contributed by atoms with E-state index in [1.54, 1.807) is 11.3 Å². The molecule has 0 atom stereocenters. The molecule has 26 heavy (non-hydrogen) atoms. The summed E-state index contributed by atoms with van der Waals surface area (Å²) in [4.78, 5) is 0. The molecule has 3 aromatic rings. The Bertz CT molecular complexity index is 1080. The fraction of sp³-hybridized carbons (Fsp3) is 0.143. The fourth-order valence-corrected chi connectivity index (χ4v) is 3.83. The molecule has 132 valence electrons. The van der Waals surface area contributed by atoms with E-state index in [0.717, 1.165) is 33.5 Å². The van der Waals surface area contributed by atoms with Gasteiger partial charge in [-0.2, -0.15) is 11.3 Å². The van der Waals surface area contributed by atoms with Crippen LogP contribution in [0.15, 0.2) is 53.7 Å². The molecule has 1 N–H and O–H groups in total. The number of hydrogen-bond donors (Lipinski definition) is 1. The molecule has 0 bridgehead atoms. The Hall–Kier alpha value is -2.92. The Morgan fingerprint density at radius 2 is 2.08 bits per heavy atom. The van der Waals surface area contributed by atoms with Crippen molar-refractivity contribution >= 4 is 28.8 Å². The quantitative estimate of drug-likeness (QED) is 0.767. The number of nitrogens with zero attached hydrogens (tertiary/aromatic N) is 1. The van der Waals surface area contributed by atoms with Gasteiger partial charge in [-0.05, 0) is 42.6 Å². The van der Waals surface area contributed by atoms with Gasteiger partial charge in [0.2, 0.25) is 6.79 Å². The van der Waals surface area contributed by atoms with Gasteiger partial charge in [-0.15, -0.1) is 0 Å². The SMILES string of the molecule is C=C/C=c1\c(=C(/C)Nc2ccc3c(c2)OCO3)cc(-c2ccsc2)n1C. The van der Waals surface area contributed by atoms with Crippen molar-refractivity contribution in [2.24, 2.45) is 7.05 Å². The second kappa shape index (κ2) is 6.77. The molecular formula is C21H20N2O2S. The highest BCUT2D eigenvalue weighted by Crippen LogP contribution is 2.34. The molecule has 0 amide bonds. The molecule has 5 heteroatoms. The number of rotatable bonds is 4. The van der Waals surface area contributed by atoms with Gasteiger partial charge in [0.25, 0.3) is 0 Å². The molecule has 0 aliphatic carbocycles. The molecule has 1 aromatic carbocycles. The second-order valence-electron chi connectivity index (χ2n) is 6.12. The largest absolute Gasteiger partial charge is 0.454 e. The summed E-state index contributed by atoms with van der Waals surface area (Å²) in [6.07, 6.45) is 3.86. The maximum absolute atomic E-state index is 5.47. The minimum absolute atomic E-state index is 0.280. The van der Waals surface area contributed by atoms with Crippen LogP contribution < -0.4 is 25.4 Å². The predicted molar refractivity (Wildman–Crippen MR) is 108 cm³/mol. The molecule has 0 fully saturated rings. The fourth-order valence-electron chi connectivity index (χ4n) is 3.18. The molecule has 0 radical (unpaired) electrons. The van der Waals surface area contributed by atoms with Crippen LogP contribution in [0.1, 0.15) is 6.92 Å². The number of hydrogen-bond acceptors (Lipinski definition) is 4. The number of benzene rings is 1. The Morgan fingerprint density at radius 3 is 2.85 bits per heavy atom. The smallest absolute Gasteiger partial charge is 0.231 e. The summed E-state index contributed by atoms with van der Waals surface area (Å²) < 4.78 is 13.0. The van der Waals surface area contributed by atoms with Crippen LogP contribution in [0.4, 0.5) is 5.69 Å². The number of thiophene rings is 1. The van der Waals surface area contributed by atoms with E-state index in [1.165, 1.54) is 11.3 Å². The maximum Gasteiger partial charge on any atom is 0.231 e. The summed E-state index contributed by atoms with van der Waals surface area (Å²) in [6.45, 7) is 6.23. The van der Waals surface area contributed by atoms with Crippen LogP contribution in [0, 0.1) is 0 Å². The topological polar surface area (TPSA) is 35.4 Å². The van der Waals surface area contributed by atoms with E-state index in [2.05, 4.69) is 53.3 Å². The van der Waals surface area contributed by atoms with Gasteiger partial charge in [-0.25, -0.2) is 0 Å². The minimum Gasteiger partial charge on any atom is -0.454 e. The van der Waals surface area contributed by atoms with Gasteiger partial charge in [0.05, 0.1) is 0 Å². The molecule has 3 heterocycles. The molecule has 0 saturated carbocycles. The van der Waals surface area contributed by atoms with Crippen molar-refractivity contribution in [1.29, 1.82) is 0 Å². The molecule has 2 aromatic heterocycles. The standard InChI is InChI=1S/C21H20N2O2S/c1-4-5-18-17(11-19(23(18)3)15-8-9-26-12-15)14(2)22-16-6-7-20-21(10-16)25-13-24-20/h4-12,22H,1,13H2,2-3H3/b17-14+,18-5+. The van der Waals surface area contributed by atoms with Gasteiger partial charge in [-0.3, -0.25) is 0 Å². The average molecular weight is 364 g/mol. The average Bonchev–Trinajstić information content (AvgIpc) is 3.36. The van der Waals surface area contributed by atoms with Crippen molar-refractivity contribution in [3.8, 4) is 22.8 Å². The Kier molecular flexibility index (Phi) is 4.31. The van der Waals surface area contributed by atoms with Gasteiger partial charge in [0.1, 0.15) is 0 Å². The van der Waals surface area contributed by atoms with E-state index in [1.807, 2.05) is 30.4 Å². The lowest BCUT2D eigenvalue weighted by Crippen LogP contribution is -2.30. The first-order chi connectivity index (χ1) is 12.7. The monoisotopic (exact) mass is 364 g/mol. The van der Waals surface area contributed by atoms with Crippen LogP contribution in [0.5, 0.6) is 11.5 Å². The van der Waals surface area contributed by atoms with E-state index in [0.29, 0.717) is 0 Å². The van der Waals surface area contributed by atoms with Crippen molar-refractivity contribution < 1.29 is 9.47 Å². The number of allylic oxidation sites excluding steroid dienone is 1. The summed E-state index contributed by atoms with van der Waals surface area (Å²) in [6, 6.07) is 10.2. The van der Waals surface area contributed by atoms with Gasteiger partial charge < -0.3 is 19.4 Å². The highest BCUT2D eigenvalue weighted by atomic mass is 32.1. The van der Waals surface area contributed by atoms with Crippen LogP contribution in [0.2, 0.25) is 0 Å². The molecular weight excluding hydrogens is 344 g/mol. The van der Waals surface area contributed by atoms with E-state index in [-0.39, 0.29) is 6.79 Å².